The summed E-state index contributed by atoms with van der Waals surface area (Å²) < 4.78 is 38.6. The molecular formula is C13H24F3N5. The molecule has 0 spiro atoms. The fraction of sp³-hybridized carbons (Fsp3) is 0.846. The SMILES string of the molecule is CCN(CCn1cc(CNCC(C)C)nn1)CC(F)(F)F. The summed E-state index contributed by atoms with van der Waals surface area (Å²) in [4.78, 5) is 1.35. The first-order valence-electron chi connectivity index (χ1n) is 7.19. The molecular weight excluding hydrogens is 283 g/mol. The highest BCUT2D eigenvalue weighted by molar-refractivity contribution is 4.91. The van der Waals surface area contributed by atoms with E-state index in [1.807, 2.05) is 0 Å². The molecule has 0 aliphatic rings. The van der Waals surface area contributed by atoms with E-state index in [0.29, 0.717) is 32.1 Å². The van der Waals surface area contributed by atoms with E-state index in [4.69, 9.17) is 0 Å². The number of alkyl halides is 3. The van der Waals surface area contributed by atoms with Crippen LogP contribution in [0.4, 0.5) is 13.2 Å². The van der Waals surface area contributed by atoms with Crippen molar-refractivity contribution in [1.82, 2.24) is 25.2 Å². The average Bonchev–Trinajstić information content (AvgIpc) is 2.80. The van der Waals surface area contributed by atoms with E-state index in [2.05, 4.69) is 29.5 Å². The standard InChI is InChI=1S/C13H24F3N5/c1-4-20(10-13(14,15)16)5-6-21-9-12(18-19-21)8-17-7-11(2)3/h9,11,17H,4-8,10H2,1-3H3. The van der Waals surface area contributed by atoms with E-state index >= 15 is 0 Å². The monoisotopic (exact) mass is 307 g/mol. The van der Waals surface area contributed by atoms with E-state index in [1.54, 1.807) is 17.8 Å². The first kappa shape index (κ1) is 17.9. The minimum atomic E-state index is -4.16. The molecule has 0 aromatic carbocycles. The van der Waals surface area contributed by atoms with Gasteiger partial charge in [-0.3, -0.25) is 9.58 Å². The maximum Gasteiger partial charge on any atom is 0.401 e. The quantitative estimate of drug-likeness (QED) is 0.757. The van der Waals surface area contributed by atoms with Crippen LogP contribution in [0.5, 0.6) is 0 Å². The van der Waals surface area contributed by atoms with Crippen LogP contribution in [-0.2, 0) is 13.1 Å². The van der Waals surface area contributed by atoms with E-state index in [1.165, 1.54) is 4.90 Å². The van der Waals surface area contributed by atoms with E-state index in [-0.39, 0.29) is 0 Å². The topological polar surface area (TPSA) is 46.0 Å². The molecule has 0 fully saturated rings. The summed E-state index contributed by atoms with van der Waals surface area (Å²) in [6.45, 7) is 7.64. The van der Waals surface area contributed by atoms with Crippen molar-refractivity contribution in [3.05, 3.63) is 11.9 Å². The molecule has 1 aromatic rings. The molecule has 8 heteroatoms. The summed E-state index contributed by atoms with van der Waals surface area (Å²) in [5, 5.41) is 11.2. The van der Waals surface area contributed by atoms with Crippen molar-refractivity contribution in [2.24, 2.45) is 5.92 Å². The number of nitrogens with one attached hydrogen (secondary N) is 1. The smallest absolute Gasteiger partial charge is 0.311 e. The maximum atomic E-state index is 12.3. The molecule has 5 nitrogen and oxygen atoms in total. The summed E-state index contributed by atoms with van der Waals surface area (Å²) in [7, 11) is 0. The molecule has 0 atom stereocenters. The number of hydrogen-bond acceptors (Lipinski definition) is 4. The minimum Gasteiger partial charge on any atom is -0.311 e. The molecule has 0 amide bonds. The molecule has 21 heavy (non-hydrogen) atoms. The van der Waals surface area contributed by atoms with E-state index in [9.17, 15) is 13.2 Å². The van der Waals surface area contributed by atoms with Gasteiger partial charge in [0.25, 0.3) is 0 Å². The molecule has 0 bridgehead atoms. The number of nitrogens with zero attached hydrogens (tertiary/aromatic N) is 4. The lowest BCUT2D eigenvalue weighted by Gasteiger charge is -2.21. The molecule has 122 valence electrons. The zero-order valence-electron chi connectivity index (χ0n) is 12.8. The summed E-state index contributed by atoms with van der Waals surface area (Å²) in [6.07, 6.45) is -2.39. The minimum absolute atomic E-state index is 0.304. The third-order valence-electron chi connectivity index (χ3n) is 2.94. The summed E-state index contributed by atoms with van der Waals surface area (Å²) in [5.74, 6) is 0.556. The Bertz CT molecular complexity index is 403. The molecule has 0 radical (unpaired) electrons. The first-order valence-corrected chi connectivity index (χ1v) is 7.19. The van der Waals surface area contributed by atoms with Crippen LogP contribution in [0.15, 0.2) is 6.20 Å². The zero-order valence-corrected chi connectivity index (χ0v) is 12.8. The number of halogens is 3. The summed E-state index contributed by atoms with van der Waals surface area (Å²) >= 11 is 0. The Hall–Kier alpha value is -1.15. The Labute approximate surface area is 123 Å². The normalized spacial score (nSPS) is 12.6. The van der Waals surface area contributed by atoms with Crippen LogP contribution in [0.2, 0.25) is 0 Å². The van der Waals surface area contributed by atoms with Gasteiger partial charge in [0.05, 0.1) is 18.8 Å². The van der Waals surface area contributed by atoms with Crippen molar-refractivity contribution in [3.63, 3.8) is 0 Å². The predicted molar refractivity (Wildman–Crippen MR) is 74.7 cm³/mol. The summed E-state index contributed by atoms with van der Waals surface area (Å²) in [5.41, 5.74) is 0.800. The van der Waals surface area contributed by atoms with E-state index < -0.39 is 12.7 Å². The Morgan fingerprint density at radius 1 is 1.38 bits per heavy atom. The van der Waals surface area contributed by atoms with Gasteiger partial charge in [-0.05, 0) is 19.0 Å². The lowest BCUT2D eigenvalue weighted by Crippen LogP contribution is -2.36. The molecule has 0 saturated heterocycles. The first-order chi connectivity index (χ1) is 9.80. The van der Waals surface area contributed by atoms with Gasteiger partial charge in [-0.15, -0.1) is 5.10 Å². The third kappa shape index (κ3) is 8.01. The fourth-order valence-electron chi connectivity index (χ4n) is 1.86. The predicted octanol–water partition coefficient (Wildman–Crippen LogP) is 1.91. The second kappa shape index (κ2) is 8.33. The molecule has 0 saturated carbocycles. The Balaban J connectivity index is 2.36. The van der Waals surface area contributed by atoms with Crippen LogP contribution in [0.3, 0.4) is 0 Å². The van der Waals surface area contributed by atoms with Crippen molar-refractivity contribution >= 4 is 0 Å². The number of rotatable bonds is 9. The highest BCUT2D eigenvalue weighted by atomic mass is 19.4. The van der Waals surface area contributed by atoms with Gasteiger partial charge >= 0.3 is 6.18 Å². The molecule has 0 aliphatic heterocycles. The second-order valence-electron chi connectivity index (χ2n) is 5.48. The molecule has 0 aliphatic carbocycles. The third-order valence-corrected chi connectivity index (χ3v) is 2.94. The zero-order chi connectivity index (χ0) is 15.9. The Kier molecular flexibility index (Phi) is 7.10. The van der Waals surface area contributed by atoms with Crippen LogP contribution in [0.1, 0.15) is 26.5 Å². The molecule has 1 aromatic heterocycles. The lowest BCUT2D eigenvalue weighted by atomic mass is 10.2. The number of hydrogen-bond donors (Lipinski definition) is 1. The van der Waals surface area contributed by atoms with Crippen LogP contribution >= 0.6 is 0 Å². The summed E-state index contributed by atoms with van der Waals surface area (Å²) in [6, 6.07) is 0. The maximum absolute atomic E-state index is 12.3. The largest absolute Gasteiger partial charge is 0.401 e. The van der Waals surface area contributed by atoms with Gasteiger partial charge in [0, 0.05) is 19.3 Å². The van der Waals surface area contributed by atoms with Crippen molar-refractivity contribution in [3.8, 4) is 0 Å². The van der Waals surface area contributed by atoms with Crippen molar-refractivity contribution in [1.29, 1.82) is 0 Å². The number of aromatic nitrogens is 3. The van der Waals surface area contributed by atoms with Crippen LogP contribution in [0.25, 0.3) is 0 Å². The highest BCUT2D eigenvalue weighted by Crippen LogP contribution is 2.16. The van der Waals surface area contributed by atoms with Crippen LogP contribution in [-0.4, -0.2) is 52.2 Å². The average molecular weight is 307 g/mol. The van der Waals surface area contributed by atoms with E-state index in [0.717, 1.165) is 12.2 Å². The fourth-order valence-corrected chi connectivity index (χ4v) is 1.86. The molecule has 0 unspecified atom stereocenters. The van der Waals surface area contributed by atoms with Crippen molar-refractivity contribution in [2.45, 2.75) is 40.0 Å². The van der Waals surface area contributed by atoms with Crippen molar-refractivity contribution < 1.29 is 13.2 Å². The highest BCUT2D eigenvalue weighted by Gasteiger charge is 2.29. The van der Waals surface area contributed by atoms with Gasteiger partial charge in [0.15, 0.2) is 0 Å². The molecule has 1 N–H and O–H groups in total. The Morgan fingerprint density at radius 2 is 2.10 bits per heavy atom. The van der Waals surface area contributed by atoms with Gasteiger partial charge in [-0.25, -0.2) is 0 Å². The van der Waals surface area contributed by atoms with Gasteiger partial charge in [-0.1, -0.05) is 26.0 Å². The van der Waals surface area contributed by atoms with Crippen LogP contribution in [0, 0.1) is 5.92 Å². The van der Waals surface area contributed by atoms with Gasteiger partial charge in [0.1, 0.15) is 0 Å². The number of likely N-dealkylation sites (N-methyl/N-ethyl adjacent to an activating group) is 1. The van der Waals surface area contributed by atoms with Gasteiger partial charge in [-0.2, -0.15) is 13.2 Å². The van der Waals surface area contributed by atoms with Gasteiger partial charge in [0.2, 0.25) is 0 Å². The lowest BCUT2D eigenvalue weighted by molar-refractivity contribution is -0.145. The Morgan fingerprint density at radius 3 is 2.67 bits per heavy atom. The van der Waals surface area contributed by atoms with Crippen LogP contribution < -0.4 is 5.32 Å². The van der Waals surface area contributed by atoms with Gasteiger partial charge < -0.3 is 5.32 Å². The molecule has 1 rings (SSSR count). The molecule has 1 heterocycles. The van der Waals surface area contributed by atoms with Crippen molar-refractivity contribution in [2.75, 3.05) is 26.2 Å². The second-order valence-corrected chi connectivity index (χ2v) is 5.48.